The van der Waals surface area contributed by atoms with Crippen LogP contribution in [-0.2, 0) is 11.2 Å². The second-order valence-electron chi connectivity index (χ2n) is 6.23. The highest BCUT2D eigenvalue weighted by Crippen LogP contribution is 2.12. The lowest BCUT2D eigenvalue weighted by Gasteiger charge is -2.22. The minimum Gasteiger partial charge on any atom is -0.362 e. The molecule has 6 nitrogen and oxygen atoms in total. The SMILES string of the molecule is CCCNC(=O)N1CCCN(C(=O)Cc2cc(C)[nH]c2C)CC1. The molecule has 6 heteroatoms. The second kappa shape index (κ2) is 8.04. The summed E-state index contributed by atoms with van der Waals surface area (Å²) in [6.07, 6.45) is 2.19. The van der Waals surface area contributed by atoms with Gasteiger partial charge in [0, 0.05) is 44.1 Å². The molecule has 23 heavy (non-hydrogen) atoms. The maximum atomic E-state index is 12.5. The van der Waals surface area contributed by atoms with Crippen LogP contribution in [0.3, 0.4) is 0 Å². The first-order valence-corrected chi connectivity index (χ1v) is 8.47. The van der Waals surface area contributed by atoms with Gasteiger partial charge in [-0.1, -0.05) is 6.92 Å². The maximum absolute atomic E-state index is 12.5. The van der Waals surface area contributed by atoms with Crippen molar-refractivity contribution in [1.29, 1.82) is 0 Å². The largest absolute Gasteiger partial charge is 0.362 e. The Morgan fingerprint density at radius 3 is 2.52 bits per heavy atom. The van der Waals surface area contributed by atoms with Crippen molar-refractivity contribution in [2.75, 3.05) is 32.7 Å². The molecule has 0 saturated carbocycles. The highest BCUT2D eigenvalue weighted by atomic mass is 16.2. The molecule has 0 bridgehead atoms. The molecule has 0 unspecified atom stereocenters. The lowest BCUT2D eigenvalue weighted by Crippen LogP contribution is -2.43. The van der Waals surface area contributed by atoms with Gasteiger partial charge in [0.15, 0.2) is 0 Å². The summed E-state index contributed by atoms with van der Waals surface area (Å²) < 4.78 is 0. The molecule has 3 amide bonds. The number of carbonyl (C=O) groups is 2. The summed E-state index contributed by atoms with van der Waals surface area (Å²) in [6, 6.07) is 2.02. The van der Waals surface area contributed by atoms with Crippen LogP contribution in [0.5, 0.6) is 0 Å². The number of amides is 3. The Kier molecular flexibility index (Phi) is 6.07. The summed E-state index contributed by atoms with van der Waals surface area (Å²) in [4.78, 5) is 31.5. The Labute approximate surface area is 138 Å². The van der Waals surface area contributed by atoms with Crippen LogP contribution in [0.15, 0.2) is 6.07 Å². The van der Waals surface area contributed by atoms with Crippen molar-refractivity contribution in [2.45, 2.75) is 40.0 Å². The Morgan fingerprint density at radius 2 is 1.87 bits per heavy atom. The van der Waals surface area contributed by atoms with Gasteiger partial charge in [-0.25, -0.2) is 4.79 Å². The molecule has 0 aliphatic carbocycles. The van der Waals surface area contributed by atoms with Crippen LogP contribution >= 0.6 is 0 Å². The predicted molar refractivity (Wildman–Crippen MR) is 90.4 cm³/mol. The molecule has 1 aliphatic heterocycles. The van der Waals surface area contributed by atoms with E-state index in [1.165, 1.54) is 0 Å². The number of urea groups is 1. The van der Waals surface area contributed by atoms with Gasteiger partial charge in [-0.3, -0.25) is 4.79 Å². The van der Waals surface area contributed by atoms with E-state index in [2.05, 4.69) is 10.3 Å². The Balaban J connectivity index is 1.88. The van der Waals surface area contributed by atoms with Crippen LogP contribution in [-0.4, -0.2) is 59.4 Å². The fraction of sp³-hybridized carbons (Fsp3) is 0.647. The Bertz CT molecular complexity index is 553. The summed E-state index contributed by atoms with van der Waals surface area (Å²) in [7, 11) is 0. The standard InChI is InChI=1S/C17H28N4O2/c1-4-6-18-17(23)21-8-5-7-20(9-10-21)16(22)12-15-11-13(2)19-14(15)3/h11,19H,4-10,12H2,1-3H3,(H,18,23). The van der Waals surface area contributed by atoms with Crippen molar-refractivity contribution < 1.29 is 9.59 Å². The number of aromatic nitrogens is 1. The maximum Gasteiger partial charge on any atom is 0.317 e. The Morgan fingerprint density at radius 1 is 1.17 bits per heavy atom. The highest BCUT2D eigenvalue weighted by Gasteiger charge is 2.22. The van der Waals surface area contributed by atoms with Crippen molar-refractivity contribution in [3.05, 3.63) is 23.0 Å². The van der Waals surface area contributed by atoms with E-state index >= 15 is 0 Å². The molecule has 1 aliphatic rings. The number of hydrogen-bond donors (Lipinski definition) is 2. The van der Waals surface area contributed by atoms with E-state index in [4.69, 9.17) is 0 Å². The normalized spacial score (nSPS) is 15.4. The molecule has 2 N–H and O–H groups in total. The number of carbonyl (C=O) groups excluding carboxylic acids is 2. The Hall–Kier alpha value is -1.98. The molecule has 2 rings (SSSR count). The molecule has 1 aromatic rings. The minimum absolute atomic E-state index is 0.0155. The number of rotatable bonds is 4. The number of aromatic amines is 1. The molecule has 0 radical (unpaired) electrons. The molecule has 0 aromatic carbocycles. The van der Waals surface area contributed by atoms with E-state index < -0.39 is 0 Å². The van der Waals surface area contributed by atoms with Crippen molar-refractivity contribution in [3.8, 4) is 0 Å². The molecule has 2 heterocycles. The van der Waals surface area contributed by atoms with Crippen molar-refractivity contribution in [2.24, 2.45) is 0 Å². The first-order valence-electron chi connectivity index (χ1n) is 8.47. The van der Waals surface area contributed by atoms with E-state index in [1.807, 2.05) is 36.6 Å². The second-order valence-corrected chi connectivity index (χ2v) is 6.23. The van der Waals surface area contributed by atoms with Gasteiger partial charge < -0.3 is 20.1 Å². The highest BCUT2D eigenvalue weighted by molar-refractivity contribution is 5.79. The van der Waals surface area contributed by atoms with Gasteiger partial charge in [-0.2, -0.15) is 0 Å². The molecular weight excluding hydrogens is 292 g/mol. The van der Waals surface area contributed by atoms with Gasteiger partial charge in [-0.05, 0) is 38.3 Å². The lowest BCUT2D eigenvalue weighted by molar-refractivity contribution is -0.130. The number of H-pyrrole nitrogens is 1. The third-order valence-corrected chi connectivity index (χ3v) is 4.26. The first kappa shape index (κ1) is 17.4. The van der Waals surface area contributed by atoms with Crippen molar-refractivity contribution in [1.82, 2.24) is 20.1 Å². The van der Waals surface area contributed by atoms with E-state index in [9.17, 15) is 9.59 Å². The van der Waals surface area contributed by atoms with Crippen LogP contribution in [0, 0.1) is 13.8 Å². The van der Waals surface area contributed by atoms with Gasteiger partial charge in [0.05, 0.1) is 6.42 Å². The third-order valence-electron chi connectivity index (χ3n) is 4.26. The van der Waals surface area contributed by atoms with Crippen LogP contribution < -0.4 is 5.32 Å². The molecule has 0 spiro atoms. The zero-order valence-electron chi connectivity index (χ0n) is 14.4. The summed E-state index contributed by atoms with van der Waals surface area (Å²) >= 11 is 0. The van der Waals surface area contributed by atoms with Crippen molar-refractivity contribution >= 4 is 11.9 Å². The average molecular weight is 320 g/mol. The smallest absolute Gasteiger partial charge is 0.317 e. The zero-order valence-corrected chi connectivity index (χ0v) is 14.4. The number of nitrogens with zero attached hydrogens (tertiary/aromatic N) is 2. The van der Waals surface area contributed by atoms with Crippen LogP contribution in [0.1, 0.15) is 36.7 Å². The van der Waals surface area contributed by atoms with Crippen LogP contribution in [0.25, 0.3) is 0 Å². The average Bonchev–Trinajstić information content (AvgIpc) is 2.72. The van der Waals surface area contributed by atoms with Crippen molar-refractivity contribution in [3.63, 3.8) is 0 Å². The van der Waals surface area contributed by atoms with Crippen LogP contribution in [0.4, 0.5) is 4.79 Å². The molecule has 128 valence electrons. The summed E-state index contributed by atoms with van der Waals surface area (Å²) in [5, 5.41) is 2.90. The fourth-order valence-corrected chi connectivity index (χ4v) is 2.95. The van der Waals surface area contributed by atoms with Gasteiger partial charge in [0.1, 0.15) is 0 Å². The van der Waals surface area contributed by atoms with Gasteiger partial charge in [0.25, 0.3) is 0 Å². The van der Waals surface area contributed by atoms with E-state index in [0.29, 0.717) is 32.6 Å². The minimum atomic E-state index is -0.0155. The number of nitrogens with one attached hydrogen (secondary N) is 2. The molecule has 1 aromatic heterocycles. The van der Waals surface area contributed by atoms with Gasteiger partial charge in [0.2, 0.25) is 5.91 Å². The predicted octanol–water partition coefficient (Wildman–Crippen LogP) is 1.83. The number of hydrogen-bond acceptors (Lipinski definition) is 2. The van der Waals surface area contributed by atoms with Crippen LogP contribution in [0.2, 0.25) is 0 Å². The molecule has 1 saturated heterocycles. The van der Waals surface area contributed by atoms with E-state index in [0.717, 1.165) is 36.3 Å². The fourth-order valence-electron chi connectivity index (χ4n) is 2.95. The zero-order chi connectivity index (χ0) is 16.8. The first-order chi connectivity index (χ1) is 11.0. The summed E-state index contributed by atoms with van der Waals surface area (Å²) in [6.45, 7) is 9.38. The monoisotopic (exact) mass is 320 g/mol. The van der Waals surface area contributed by atoms with E-state index in [-0.39, 0.29) is 11.9 Å². The van der Waals surface area contributed by atoms with E-state index in [1.54, 1.807) is 0 Å². The molecule has 1 fully saturated rings. The summed E-state index contributed by atoms with van der Waals surface area (Å²) in [5.41, 5.74) is 3.21. The quantitative estimate of drug-likeness (QED) is 0.888. The number of aryl methyl sites for hydroxylation is 2. The molecule has 0 atom stereocenters. The summed E-state index contributed by atoms with van der Waals surface area (Å²) in [5.74, 6) is 0.142. The van der Waals surface area contributed by atoms with Gasteiger partial charge >= 0.3 is 6.03 Å². The topological polar surface area (TPSA) is 68.4 Å². The lowest BCUT2D eigenvalue weighted by atomic mass is 10.1. The molecular formula is C17H28N4O2. The van der Waals surface area contributed by atoms with Gasteiger partial charge in [-0.15, -0.1) is 0 Å². The third kappa shape index (κ3) is 4.74.